The Labute approximate surface area is 122 Å². The van der Waals surface area contributed by atoms with Crippen LogP contribution in [0.5, 0.6) is 0 Å². The van der Waals surface area contributed by atoms with Gasteiger partial charge in [0.2, 0.25) is 0 Å². The van der Waals surface area contributed by atoms with Crippen LogP contribution in [0.3, 0.4) is 0 Å². The maximum absolute atomic E-state index is 11.1. The zero-order chi connectivity index (χ0) is 14.5. The summed E-state index contributed by atoms with van der Waals surface area (Å²) in [6, 6.07) is 12.6. The molecule has 20 heavy (non-hydrogen) atoms. The minimum atomic E-state index is -0.896. The Morgan fingerprint density at radius 1 is 1.35 bits per heavy atom. The van der Waals surface area contributed by atoms with Crippen LogP contribution < -0.4 is 4.90 Å². The number of anilines is 1. The molecule has 0 fully saturated rings. The zero-order valence-corrected chi connectivity index (χ0v) is 11.8. The summed E-state index contributed by atoms with van der Waals surface area (Å²) in [4.78, 5) is 17.2. The van der Waals surface area contributed by atoms with Crippen LogP contribution in [0.15, 0.2) is 48.7 Å². The van der Waals surface area contributed by atoms with E-state index in [2.05, 4.69) is 4.98 Å². The molecule has 0 saturated carbocycles. The largest absolute Gasteiger partial charge is 0.480 e. The van der Waals surface area contributed by atoms with Crippen molar-refractivity contribution in [3.05, 3.63) is 59.4 Å². The summed E-state index contributed by atoms with van der Waals surface area (Å²) in [7, 11) is 0. The van der Waals surface area contributed by atoms with Crippen molar-refractivity contribution in [3.8, 4) is 0 Å². The second-order valence-corrected chi connectivity index (χ2v) is 4.87. The summed E-state index contributed by atoms with van der Waals surface area (Å²) in [5.41, 5.74) is 1.58. The van der Waals surface area contributed by atoms with E-state index in [9.17, 15) is 4.79 Å². The van der Waals surface area contributed by atoms with Gasteiger partial charge in [0, 0.05) is 16.9 Å². The van der Waals surface area contributed by atoms with Gasteiger partial charge in [-0.25, -0.2) is 0 Å². The molecule has 0 aliphatic heterocycles. The van der Waals surface area contributed by atoms with Gasteiger partial charge in [0.15, 0.2) is 0 Å². The van der Waals surface area contributed by atoms with Crippen LogP contribution in [0.25, 0.3) is 0 Å². The fourth-order valence-corrected chi connectivity index (χ4v) is 2.22. The van der Waals surface area contributed by atoms with Gasteiger partial charge in [-0.05, 0) is 37.3 Å². The van der Waals surface area contributed by atoms with Crippen LogP contribution >= 0.6 is 11.6 Å². The lowest BCUT2D eigenvalue weighted by molar-refractivity contribution is -0.135. The molecule has 1 heterocycles. The molecule has 0 aliphatic carbocycles. The fourth-order valence-electron chi connectivity index (χ4n) is 2.04. The molecule has 104 valence electrons. The summed E-state index contributed by atoms with van der Waals surface area (Å²) in [5.74, 6) is -0.896. The monoisotopic (exact) mass is 290 g/mol. The number of aromatic nitrogens is 1. The first kappa shape index (κ1) is 14.3. The van der Waals surface area contributed by atoms with E-state index in [-0.39, 0.29) is 12.6 Å². The van der Waals surface area contributed by atoms with E-state index in [4.69, 9.17) is 16.7 Å². The SMILES string of the molecule is CC(c1ccccn1)N(CC(=O)O)c1cccc(Cl)c1. The molecule has 1 unspecified atom stereocenters. The van der Waals surface area contributed by atoms with Gasteiger partial charge in [0.1, 0.15) is 6.54 Å². The molecule has 2 rings (SSSR count). The first-order valence-corrected chi connectivity index (χ1v) is 6.60. The molecule has 0 radical (unpaired) electrons. The molecule has 0 amide bonds. The van der Waals surface area contributed by atoms with Crippen molar-refractivity contribution in [3.63, 3.8) is 0 Å². The van der Waals surface area contributed by atoms with Crippen molar-refractivity contribution in [2.45, 2.75) is 13.0 Å². The summed E-state index contributed by atoms with van der Waals surface area (Å²) >= 11 is 5.99. The molecule has 1 aromatic heterocycles. The van der Waals surface area contributed by atoms with E-state index >= 15 is 0 Å². The highest BCUT2D eigenvalue weighted by Gasteiger charge is 2.20. The number of rotatable bonds is 5. The third kappa shape index (κ3) is 3.48. The van der Waals surface area contributed by atoms with Crippen LogP contribution in [0.2, 0.25) is 5.02 Å². The molecule has 0 aliphatic rings. The average Bonchev–Trinajstić information content (AvgIpc) is 2.45. The number of hydrogen-bond acceptors (Lipinski definition) is 3. The molecule has 2 aromatic rings. The Hall–Kier alpha value is -2.07. The van der Waals surface area contributed by atoms with E-state index in [1.54, 1.807) is 29.3 Å². The average molecular weight is 291 g/mol. The number of pyridine rings is 1. The first-order valence-electron chi connectivity index (χ1n) is 6.23. The second kappa shape index (κ2) is 6.39. The van der Waals surface area contributed by atoms with Gasteiger partial charge in [0.25, 0.3) is 0 Å². The Balaban J connectivity index is 2.35. The lowest BCUT2D eigenvalue weighted by atomic mass is 10.1. The molecular weight excluding hydrogens is 276 g/mol. The number of carboxylic acid groups (broad SMARTS) is 1. The number of aliphatic carboxylic acids is 1. The number of hydrogen-bond donors (Lipinski definition) is 1. The number of nitrogens with zero attached hydrogens (tertiary/aromatic N) is 2. The van der Waals surface area contributed by atoms with E-state index in [0.717, 1.165) is 11.4 Å². The molecule has 1 atom stereocenters. The standard InChI is InChI=1S/C15H15ClN2O2/c1-11(14-7-2-3-8-17-14)18(10-15(19)20)13-6-4-5-12(16)9-13/h2-9,11H,10H2,1H3,(H,19,20). The van der Waals surface area contributed by atoms with Crippen LogP contribution in [-0.2, 0) is 4.79 Å². The molecule has 1 aromatic carbocycles. The van der Waals surface area contributed by atoms with Gasteiger partial charge in [-0.3, -0.25) is 9.78 Å². The van der Waals surface area contributed by atoms with Crippen molar-refractivity contribution in [1.29, 1.82) is 0 Å². The fraction of sp³-hybridized carbons (Fsp3) is 0.200. The van der Waals surface area contributed by atoms with Crippen molar-refractivity contribution >= 4 is 23.3 Å². The van der Waals surface area contributed by atoms with Gasteiger partial charge in [0.05, 0.1) is 11.7 Å². The second-order valence-electron chi connectivity index (χ2n) is 4.43. The van der Waals surface area contributed by atoms with Crippen LogP contribution in [0.4, 0.5) is 5.69 Å². The topological polar surface area (TPSA) is 53.4 Å². The van der Waals surface area contributed by atoms with Gasteiger partial charge in [-0.15, -0.1) is 0 Å². The van der Waals surface area contributed by atoms with Gasteiger partial charge in [-0.2, -0.15) is 0 Å². The molecule has 5 heteroatoms. The van der Waals surface area contributed by atoms with E-state index in [1.807, 2.05) is 31.2 Å². The summed E-state index contributed by atoms with van der Waals surface area (Å²) in [5, 5.41) is 9.69. The van der Waals surface area contributed by atoms with Gasteiger partial charge >= 0.3 is 5.97 Å². The Bertz CT molecular complexity index is 589. The highest BCUT2D eigenvalue weighted by molar-refractivity contribution is 6.30. The molecule has 0 bridgehead atoms. The lowest BCUT2D eigenvalue weighted by Crippen LogP contribution is -2.32. The minimum absolute atomic E-state index is 0.113. The van der Waals surface area contributed by atoms with Crippen LogP contribution in [0, 0.1) is 0 Å². The van der Waals surface area contributed by atoms with Crippen LogP contribution in [-0.4, -0.2) is 22.6 Å². The summed E-state index contributed by atoms with van der Waals surface area (Å²) in [6.07, 6.45) is 1.70. The maximum atomic E-state index is 11.1. The van der Waals surface area contributed by atoms with Crippen molar-refractivity contribution < 1.29 is 9.90 Å². The van der Waals surface area contributed by atoms with Crippen molar-refractivity contribution in [2.24, 2.45) is 0 Å². The third-order valence-corrected chi connectivity index (χ3v) is 3.26. The summed E-state index contributed by atoms with van der Waals surface area (Å²) < 4.78 is 0. The maximum Gasteiger partial charge on any atom is 0.323 e. The third-order valence-electron chi connectivity index (χ3n) is 3.03. The zero-order valence-electron chi connectivity index (χ0n) is 11.0. The predicted octanol–water partition coefficient (Wildman–Crippen LogP) is 3.39. The quantitative estimate of drug-likeness (QED) is 0.917. The van der Waals surface area contributed by atoms with E-state index in [1.165, 1.54) is 0 Å². The molecule has 1 N–H and O–H groups in total. The molecule has 0 saturated heterocycles. The number of benzene rings is 1. The van der Waals surface area contributed by atoms with Crippen molar-refractivity contribution in [1.82, 2.24) is 4.98 Å². The summed E-state index contributed by atoms with van der Waals surface area (Å²) in [6.45, 7) is 1.81. The molecule has 0 spiro atoms. The minimum Gasteiger partial charge on any atom is -0.480 e. The van der Waals surface area contributed by atoms with E-state index < -0.39 is 5.97 Å². The normalized spacial score (nSPS) is 11.9. The van der Waals surface area contributed by atoms with Gasteiger partial charge in [-0.1, -0.05) is 23.7 Å². The molecular formula is C15H15ClN2O2. The number of carbonyl (C=O) groups is 1. The predicted molar refractivity (Wildman–Crippen MR) is 79.1 cm³/mol. The lowest BCUT2D eigenvalue weighted by Gasteiger charge is -2.29. The van der Waals surface area contributed by atoms with E-state index in [0.29, 0.717) is 5.02 Å². The number of carboxylic acids is 1. The highest BCUT2D eigenvalue weighted by atomic mass is 35.5. The highest BCUT2D eigenvalue weighted by Crippen LogP contribution is 2.27. The number of halogens is 1. The Kier molecular flexibility index (Phi) is 4.58. The van der Waals surface area contributed by atoms with Crippen LogP contribution in [0.1, 0.15) is 18.7 Å². The van der Waals surface area contributed by atoms with Gasteiger partial charge < -0.3 is 10.0 Å². The Morgan fingerprint density at radius 3 is 2.75 bits per heavy atom. The molecule has 4 nitrogen and oxygen atoms in total. The van der Waals surface area contributed by atoms with Crippen molar-refractivity contribution in [2.75, 3.05) is 11.4 Å². The smallest absolute Gasteiger partial charge is 0.323 e. The first-order chi connectivity index (χ1) is 9.58. The Morgan fingerprint density at radius 2 is 2.15 bits per heavy atom.